The van der Waals surface area contributed by atoms with E-state index in [9.17, 15) is 8.42 Å². The molecular weight excluding hydrogens is 382 g/mol. The zero-order chi connectivity index (χ0) is 20.5. The molecule has 6 heteroatoms. The molecule has 0 unspecified atom stereocenters. The summed E-state index contributed by atoms with van der Waals surface area (Å²) in [5.41, 5.74) is 2.96. The number of rotatable bonds is 8. The molecule has 0 radical (unpaired) electrons. The third-order valence-corrected chi connectivity index (χ3v) is 6.97. The van der Waals surface area contributed by atoms with Gasteiger partial charge in [0.25, 0.3) is 0 Å². The van der Waals surface area contributed by atoms with E-state index >= 15 is 0 Å². The monoisotopic (exact) mass is 415 g/mol. The number of anilines is 2. The van der Waals surface area contributed by atoms with Gasteiger partial charge in [-0.25, -0.2) is 13.1 Å². The Morgan fingerprint density at radius 2 is 1.59 bits per heavy atom. The molecule has 0 aliphatic heterocycles. The molecule has 5 nitrogen and oxygen atoms in total. The Morgan fingerprint density at radius 3 is 2.28 bits per heavy atom. The van der Waals surface area contributed by atoms with Crippen molar-refractivity contribution in [3.05, 3.63) is 54.1 Å². The molecule has 29 heavy (non-hydrogen) atoms. The van der Waals surface area contributed by atoms with Crippen LogP contribution in [0, 0.1) is 0 Å². The maximum atomic E-state index is 12.5. The van der Waals surface area contributed by atoms with Gasteiger partial charge in [0.2, 0.25) is 10.0 Å². The van der Waals surface area contributed by atoms with Crippen LogP contribution in [0.2, 0.25) is 0 Å². The third kappa shape index (κ3) is 6.47. The summed E-state index contributed by atoms with van der Waals surface area (Å²) in [6, 6.07) is 15.9. The Morgan fingerprint density at radius 1 is 0.897 bits per heavy atom. The SMILES string of the molecule is CCNS(=O)(=O)c1ccc(NC2CCCCCCC2)c(NCc2ccccc2)c1. The van der Waals surface area contributed by atoms with Gasteiger partial charge in [-0.15, -0.1) is 0 Å². The zero-order valence-corrected chi connectivity index (χ0v) is 18.1. The molecule has 3 rings (SSSR count). The van der Waals surface area contributed by atoms with Crippen LogP contribution in [0.25, 0.3) is 0 Å². The summed E-state index contributed by atoms with van der Waals surface area (Å²) in [4.78, 5) is 0.290. The minimum atomic E-state index is -3.49. The van der Waals surface area contributed by atoms with Crippen molar-refractivity contribution in [2.75, 3.05) is 17.2 Å². The van der Waals surface area contributed by atoms with Gasteiger partial charge in [-0.3, -0.25) is 0 Å². The average Bonchev–Trinajstić information content (AvgIpc) is 2.69. The molecule has 0 aromatic heterocycles. The van der Waals surface area contributed by atoms with Crippen LogP contribution in [-0.2, 0) is 16.6 Å². The highest BCUT2D eigenvalue weighted by molar-refractivity contribution is 7.89. The molecule has 0 atom stereocenters. The molecule has 2 aromatic rings. The van der Waals surface area contributed by atoms with Crippen LogP contribution in [0.4, 0.5) is 11.4 Å². The standard InChI is InChI=1S/C23H33N3O2S/c1-2-25-29(27,28)21-15-16-22(26-20-13-9-4-3-5-10-14-20)23(17-21)24-18-19-11-7-6-8-12-19/h6-8,11-12,15-17,20,24-26H,2-5,9-10,13-14,18H2,1H3. The summed E-state index contributed by atoms with van der Waals surface area (Å²) < 4.78 is 27.5. The molecule has 1 aliphatic carbocycles. The first-order chi connectivity index (χ1) is 14.1. The highest BCUT2D eigenvalue weighted by Crippen LogP contribution is 2.29. The minimum absolute atomic E-state index is 0.290. The summed E-state index contributed by atoms with van der Waals surface area (Å²) >= 11 is 0. The second-order valence-electron chi connectivity index (χ2n) is 7.73. The van der Waals surface area contributed by atoms with E-state index in [4.69, 9.17) is 0 Å². The van der Waals surface area contributed by atoms with Crippen molar-refractivity contribution in [3.8, 4) is 0 Å². The molecule has 1 saturated carbocycles. The Labute approximate surface area is 175 Å². The van der Waals surface area contributed by atoms with E-state index in [2.05, 4.69) is 27.5 Å². The molecule has 158 valence electrons. The Balaban J connectivity index is 1.82. The topological polar surface area (TPSA) is 70.2 Å². The fourth-order valence-electron chi connectivity index (χ4n) is 3.85. The largest absolute Gasteiger partial charge is 0.381 e. The average molecular weight is 416 g/mol. The third-order valence-electron chi connectivity index (χ3n) is 5.43. The lowest BCUT2D eigenvalue weighted by Gasteiger charge is -2.24. The van der Waals surface area contributed by atoms with E-state index < -0.39 is 10.0 Å². The van der Waals surface area contributed by atoms with E-state index in [1.165, 1.54) is 32.1 Å². The number of hydrogen-bond acceptors (Lipinski definition) is 4. The lowest BCUT2D eigenvalue weighted by atomic mass is 9.96. The van der Waals surface area contributed by atoms with Crippen LogP contribution in [0.15, 0.2) is 53.4 Å². The number of nitrogens with one attached hydrogen (secondary N) is 3. The van der Waals surface area contributed by atoms with Crippen molar-refractivity contribution in [1.82, 2.24) is 4.72 Å². The van der Waals surface area contributed by atoms with Gasteiger partial charge in [0.05, 0.1) is 16.3 Å². The Kier molecular flexibility index (Phi) is 7.95. The number of sulfonamides is 1. The second kappa shape index (κ2) is 10.6. The second-order valence-corrected chi connectivity index (χ2v) is 9.50. The van der Waals surface area contributed by atoms with Gasteiger partial charge in [0, 0.05) is 19.1 Å². The Bertz CT molecular complexity index is 861. The maximum Gasteiger partial charge on any atom is 0.240 e. The van der Waals surface area contributed by atoms with E-state index in [-0.39, 0.29) is 4.90 Å². The van der Waals surface area contributed by atoms with E-state index in [1.807, 2.05) is 24.3 Å². The lowest BCUT2D eigenvalue weighted by Crippen LogP contribution is -2.24. The van der Waals surface area contributed by atoms with Gasteiger partial charge in [0.1, 0.15) is 0 Å². The summed E-state index contributed by atoms with van der Waals surface area (Å²) in [5, 5.41) is 7.13. The fourth-order valence-corrected chi connectivity index (χ4v) is 4.92. The number of benzene rings is 2. The summed E-state index contributed by atoms with van der Waals surface area (Å²) in [5.74, 6) is 0. The van der Waals surface area contributed by atoms with Crippen molar-refractivity contribution >= 4 is 21.4 Å². The van der Waals surface area contributed by atoms with Gasteiger partial charge in [0.15, 0.2) is 0 Å². The van der Waals surface area contributed by atoms with Crippen molar-refractivity contribution in [1.29, 1.82) is 0 Å². The first kappa shape index (κ1) is 21.7. The van der Waals surface area contributed by atoms with Gasteiger partial charge in [-0.2, -0.15) is 0 Å². The predicted octanol–water partition coefficient (Wildman–Crippen LogP) is 5.12. The fraction of sp³-hybridized carbons (Fsp3) is 0.478. The van der Waals surface area contributed by atoms with Gasteiger partial charge < -0.3 is 10.6 Å². The molecular formula is C23H33N3O2S. The Hall–Kier alpha value is -2.05. The van der Waals surface area contributed by atoms with E-state index in [0.717, 1.165) is 29.8 Å². The van der Waals surface area contributed by atoms with Crippen LogP contribution in [0.1, 0.15) is 57.4 Å². The molecule has 1 fully saturated rings. The summed E-state index contributed by atoms with van der Waals surface area (Å²) in [6.07, 6.45) is 8.77. The van der Waals surface area contributed by atoms with Crippen molar-refractivity contribution in [2.24, 2.45) is 0 Å². The summed E-state index contributed by atoms with van der Waals surface area (Å²) in [6.45, 7) is 2.80. The molecule has 0 heterocycles. The van der Waals surface area contributed by atoms with E-state index in [0.29, 0.717) is 19.1 Å². The van der Waals surface area contributed by atoms with Crippen molar-refractivity contribution in [2.45, 2.75) is 69.4 Å². The molecule has 1 aliphatic rings. The molecule has 0 saturated heterocycles. The number of hydrogen-bond donors (Lipinski definition) is 3. The molecule has 0 bridgehead atoms. The summed E-state index contributed by atoms with van der Waals surface area (Å²) in [7, 11) is -3.49. The minimum Gasteiger partial charge on any atom is -0.381 e. The smallest absolute Gasteiger partial charge is 0.240 e. The zero-order valence-electron chi connectivity index (χ0n) is 17.3. The highest BCUT2D eigenvalue weighted by atomic mass is 32.2. The first-order valence-corrected chi connectivity index (χ1v) is 12.2. The van der Waals surface area contributed by atoms with Gasteiger partial charge in [-0.1, -0.05) is 69.4 Å². The normalized spacial score (nSPS) is 16.0. The maximum absolute atomic E-state index is 12.5. The van der Waals surface area contributed by atoms with Crippen molar-refractivity contribution in [3.63, 3.8) is 0 Å². The molecule has 3 N–H and O–H groups in total. The van der Waals surface area contributed by atoms with Crippen LogP contribution in [-0.4, -0.2) is 21.0 Å². The molecule has 0 amide bonds. The van der Waals surface area contributed by atoms with Gasteiger partial charge >= 0.3 is 0 Å². The van der Waals surface area contributed by atoms with Gasteiger partial charge in [-0.05, 0) is 36.6 Å². The lowest BCUT2D eigenvalue weighted by molar-refractivity contribution is 0.471. The van der Waals surface area contributed by atoms with Crippen LogP contribution < -0.4 is 15.4 Å². The van der Waals surface area contributed by atoms with Crippen molar-refractivity contribution < 1.29 is 8.42 Å². The first-order valence-electron chi connectivity index (χ1n) is 10.8. The van der Waals surface area contributed by atoms with Crippen LogP contribution >= 0.6 is 0 Å². The predicted molar refractivity (Wildman–Crippen MR) is 121 cm³/mol. The molecule has 0 spiro atoms. The quantitative estimate of drug-likeness (QED) is 0.559. The van der Waals surface area contributed by atoms with E-state index in [1.54, 1.807) is 19.1 Å². The highest BCUT2D eigenvalue weighted by Gasteiger charge is 2.17. The van der Waals surface area contributed by atoms with Crippen LogP contribution in [0.5, 0.6) is 0 Å². The molecule has 2 aromatic carbocycles. The van der Waals surface area contributed by atoms with Crippen LogP contribution in [0.3, 0.4) is 0 Å².